The van der Waals surface area contributed by atoms with Crippen LogP contribution in [0.25, 0.3) is 0 Å². The van der Waals surface area contributed by atoms with Crippen LogP contribution in [0.1, 0.15) is 59.9 Å². The normalized spacial score (nSPS) is 26.3. The standard InChI is InChI=1S/C22H27ClN2.C4H4O4/c1-22(2)15-25(12-11-24(22)3)21-14-19(16-7-5-4-6-8-16)18-10-9-17(23)13-20(18)21;5-3(6)1-2-4(7)8/h4-10,13,19,21H,11-12,14-15H2,1-3H3;1-2H,(H,5,6)(H,7,8)/b;2-1+/t19-,21+;/m0./s1/i3D3,4D,5D,6D,7D,8D;. The van der Waals surface area contributed by atoms with Crippen molar-refractivity contribution in [1.82, 2.24) is 9.80 Å². The molecule has 0 amide bonds. The van der Waals surface area contributed by atoms with E-state index in [0.29, 0.717) is 48.8 Å². The molecule has 2 aromatic carbocycles. The van der Waals surface area contributed by atoms with E-state index in [9.17, 15) is 9.59 Å². The Kier molecular flexibility index (Phi) is 5.11. The smallest absolute Gasteiger partial charge is 0.328 e. The Morgan fingerprint density at radius 3 is 2.36 bits per heavy atom. The molecule has 6 nitrogen and oxygen atoms in total. The van der Waals surface area contributed by atoms with Gasteiger partial charge in [0.05, 0.1) is 6.85 Å². The first-order valence-corrected chi connectivity index (χ1v) is 10.8. The van der Waals surface area contributed by atoms with Gasteiger partial charge in [0.25, 0.3) is 0 Å². The van der Waals surface area contributed by atoms with Crippen molar-refractivity contribution in [1.29, 1.82) is 0 Å². The molecule has 1 aliphatic heterocycles. The van der Waals surface area contributed by atoms with E-state index < -0.39 is 30.5 Å². The van der Waals surface area contributed by atoms with Crippen LogP contribution in [0.5, 0.6) is 0 Å². The summed E-state index contributed by atoms with van der Waals surface area (Å²) in [7, 11) is 0. The van der Waals surface area contributed by atoms with Crippen molar-refractivity contribution < 1.29 is 30.8 Å². The lowest BCUT2D eigenvalue weighted by molar-refractivity contribution is -0.134. The third kappa shape index (κ3) is 6.22. The van der Waals surface area contributed by atoms with Gasteiger partial charge in [0, 0.05) is 58.4 Å². The number of piperazine rings is 1. The van der Waals surface area contributed by atoms with Gasteiger partial charge in [-0.05, 0) is 56.1 Å². The van der Waals surface area contributed by atoms with Gasteiger partial charge in [-0.1, -0.05) is 47.9 Å². The van der Waals surface area contributed by atoms with E-state index in [1.54, 1.807) is 11.0 Å². The van der Waals surface area contributed by atoms with Crippen LogP contribution < -0.4 is 0 Å². The number of hydrogen-bond acceptors (Lipinski definition) is 4. The van der Waals surface area contributed by atoms with Crippen LogP contribution in [-0.2, 0) is 9.59 Å². The van der Waals surface area contributed by atoms with Crippen LogP contribution in [0.4, 0.5) is 0 Å². The summed E-state index contributed by atoms with van der Waals surface area (Å²) < 4.78 is 64.7. The van der Waals surface area contributed by atoms with Crippen molar-refractivity contribution in [2.24, 2.45) is 0 Å². The molecule has 2 aliphatic rings. The summed E-state index contributed by atoms with van der Waals surface area (Å²) in [5.74, 6) is -2.89. The van der Waals surface area contributed by atoms with Crippen LogP contribution in [0, 0.1) is 0 Å². The van der Waals surface area contributed by atoms with E-state index >= 15 is 0 Å². The van der Waals surface area contributed by atoms with Crippen LogP contribution in [-0.4, -0.2) is 64.1 Å². The minimum atomic E-state index is -2.18. The number of carboxylic acid groups (broad SMARTS) is 2. The maximum Gasteiger partial charge on any atom is 0.328 e. The van der Waals surface area contributed by atoms with E-state index in [1.165, 1.54) is 0 Å². The zero-order chi connectivity index (χ0) is 31.0. The summed E-state index contributed by atoms with van der Waals surface area (Å²) in [6.45, 7) is 3.12. The molecule has 33 heavy (non-hydrogen) atoms. The molecule has 1 heterocycles. The molecule has 0 saturated carbocycles. The molecule has 0 spiro atoms. The molecule has 1 saturated heterocycles. The molecule has 7 heteroatoms. The Morgan fingerprint density at radius 1 is 1.12 bits per heavy atom. The second kappa shape index (κ2) is 10.5. The summed E-state index contributed by atoms with van der Waals surface area (Å²) in [5.41, 5.74) is 1.58. The van der Waals surface area contributed by atoms with E-state index in [1.807, 2.05) is 26.0 Å². The lowest BCUT2D eigenvalue weighted by Gasteiger charge is -2.47. The molecule has 0 radical (unpaired) electrons. The van der Waals surface area contributed by atoms with Crippen molar-refractivity contribution in [3.8, 4) is 0 Å². The van der Waals surface area contributed by atoms with Gasteiger partial charge >= 0.3 is 11.9 Å². The quantitative estimate of drug-likeness (QED) is 0.622. The van der Waals surface area contributed by atoms with Gasteiger partial charge in [-0.2, -0.15) is 0 Å². The van der Waals surface area contributed by atoms with Gasteiger partial charge in [-0.3, -0.25) is 9.80 Å². The molecule has 0 unspecified atom stereocenters. The van der Waals surface area contributed by atoms with Gasteiger partial charge in [-0.15, -0.1) is 0 Å². The Bertz CT molecular complexity index is 1340. The predicted octanol–water partition coefficient (Wildman–Crippen LogP) is 4.65. The number of hydrogen-bond donors (Lipinski definition) is 2. The fraction of sp³-hybridized carbons (Fsp3) is 0.385. The van der Waals surface area contributed by atoms with E-state index in [4.69, 9.17) is 32.8 Å². The lowest BCUT2D eigenvalue weighted by Crippen LogP contribution is -2.58. The Balaban J connectivity index is 0.000000507. The fourth-order valence-corrected chi connectivity index (χ4v) is 4.46. The van der Waals surface area contributed by atoms with Crippen LogP contribution in [0.2, 0.25) is 5.02 Å². The number of nitrogens with zero attached hydrogens (tertiary/aromatic N) is 2. The summed E-state index contributed by atoms with van der Waals surface area (Å²) in [6, 6.07) is 4.01. The van der Waals surface area contributed by atoms with Gasteiger partial charge < -0.3 is 10.2 Å². The number of carbonyl (C=O) groups is 2. The summed E-state index contributed by atoms with van der Waals surface area (Å²) in [4.78, 5) is 22.9. The Hall–Kier alpha value is -2.67. The largest absolute Gasteiger partial charge is 0.478 e. The van der Waals surface area contributed by atoms with Gasteiger partial charge in [0.1, 0.15) is 0 Å². The zero-order valence-electron chi connectivity index (χ0n) is 26.4. The molecule has 1 fully saturated rings. The third-order valence-electron chi connectivity index (χ3n) is 5.85. The average molecular weight is 479 g/mol. The predicted molar refractivity (Wildman–Crippen MR) is 130 cm³/mol. The summed E-state index contributed by atoms with van der Waals surface area (Å²) in [5, 5.41) is 16.2. The van der Waals surface area contributed by atoms with Crippen molar-refractivity contribution in [2.45, 2.75) is 37.8 Å². The average Bonchev–Trinajstić information content (AvgIpc) is 3.22. The van der Waals surface area contributed by atoms with Crippen LogP contribution in [0.15, 0.2) is 60.6 Å². The number of fused-ring (bicyclic) bond motifs is 1. The number of likely N-dealkylation sites (N-methyl/N-ethyl adjacent to an activating group) is 1. The second-order valence-corrected chi connectivity index (χ2v) is 9.00. The number of aliphatic carboxylic acids is 2. The first-order chi connectivity index (χ1) is 18.9. The van der Waals surface area contributed by atoms with Crippen molar-refractivity contribution in [2.75, 3.05) is 26.6 Å². The highest BCUT2D eigenvalue weighted by molar-refractivity contribution is 6.30. The first-order valence-electron chi connectivity index (χ1n) is 14.4. The molecule has 2 N–H and O–H groups in total. The van der Waals surface area contributed by atoms with Crippen LogP contribution in [0.3, 0.4) is 0 Å². The number of carboxylic acids is 2. The number of rotatable bonds is 4. The van der Waals surface area contributed by atoms with Crippen molar-refractivity contribution in [3.63, 3.8) is 0 Å². The van der Waals surface area contributed by atoms with Crippen molar-refractivity contribution in [3.05, 3.63) is 82.3 Å². The topological polar surface area (TPSA) is 81.1 Å². The zero-order valence-corrected chi connectivity index (χ0v) is 19.1. The highest BCUT2D eigenvalue weighted by Gasteiger charge is 2.40. The van der Waals surface area contributed by atoms with E-state index in [-0.39, 0.29) is 36.1 Å². The molecule has 0 aromatic heterocycles. The van der Waals surface area contributed by atoms with Crippen molar-refractivity contribution >= 4 is 23.5 Å². The van der Waals surface area contributed by atoms with Gasteiger partial charge in [0.2, 0.25) is 0 Å². The highest BCUT2D eigenvalue weighted by atomic mass is 35.5. The maximum absolute atomic E-state index is 9.55. The first kappa shape index (κ1) is 16.0. The monoisotopic (exact) mass is 478 g/mol. The van der Waals surface area contributed by atoms with Gasteiger partial charge in [-0.25, -0.2) is 9.59 Å². The van der Waals surface area contributed by atoms with E-state index in [0.717, 1.165) is 11.1 Å². The van der Waals surface area contributed by atoms with E-state index in [2.05, 4.69) is 4.90 Å². The van der Waals surface area contributed by atoms with Crippen LogP contribution >= 0.6 is 11.6 Å². The molecule has 2 atom stereocenters. The SMILES string of the molecule is O=C(O)/C=C/C(=O)O.[2H]c1c([2H])c([2H])c([C@@H]2C[C@@H](N3CCN(C([2H])([2H])[2H])C(C)(C)C3)c3cc(Cl)ccc32)c([2H])c1[2H]. The second-order valence-electron chi connectivity index (χ2n) is 8.56. The highest BCUT2D eigenvalue weighted by Crippen LogP contribution is 2.48. The summed E-state index contributed by atoms with van der Waals surface area (Å²) >= 11 is 6.33. The Morgan fingerprint density at radius 2 is 1.79 bits per heavy atom. The molecular weight excluding hydrogens is 440 g/mol. The maximum atomic E-state index is 9.55. The number of benzene rings is 2. The molecular formula is C26H31ClN2O4. The molecule has 2 aromatic rings. The minimum Gasteiger partial charge on any atom is -0.478 e. The Labute approximate surface area is 211 Å². The number of halogens is 1. The molecule has 176 valence electrons. The van der Waals surface area contributed by atoms with Gasteiger partial charge in [0.15, 0.2) is 0 Å². The third-order valence-corrected chi connectivity index (χ3v) is 6.09. The minimum absolute atomic E-state index is 0.0976. The molecule has 1 aliphatic carbocycles. The summed E-state index contributed by atoms with van der Waals surface area (Å²) in [6.07, 6.45) is 1.65. The lowest BCUT2D eigenvalue weighted by atomic mass is 9.93. The fourth-order valence-electron chi connectivity index (χ4n) is 4.28. The molecule has 0 bridgehead atoms. The molecule has 4 rings (SSSR count).